The lowest BCUT2D eigenvalue weighted by atomic mass is 10.1. The summed E-state index contributed by atoms with van der Waals surface area (Å²) in [7, 11) is 0. The number of rotatable bonds is 2. The number of amides is 1. The van der Waals surface area contributed by atoms with Crippen LogP contribution in [0.4, 0.5) is 5.69 Å². The van der Waals surface area contributed by atoms with Crippen LogP contribution in [0.1, 0.15) is 11.1 Å². The van der Waals surface area contributed by atoms with Crippen molar-refractivity contribution in [3.05, 3.63) is 29.3 Å². The summed E-state index contributed by atoms with van der Waals surface area (Å²) in [5.74, 6) is 3.32. The van der Waals surface area contributed by atoms with Crippen LogP contribution in [-0.4, -0.2) is 28.4 Å². The van der Waals surface area contributed by atoms with E-state index in [1.807, 2.05) is 30.8 Å². The molecular weight excluding hydrogens is 250 g/mol. The van der Waals surface area contributed by atoms with Gasteiger partial charge in [-0.3, -0.25) is 4.79 Å². The summed E-state index contributed by atoms with van der Waals surface area (Å²) in [6.45, 7) is 4.09. The van der Waals surface area contributed by atoms with Gasteiger partial charge in [0.25, 0.3) is 0 Å². The van der Waals surface area contributed by atoms with E-state index in [0.29, 0.717) is 0 Å². The lowest BCUT2D eigenvalue weighted by molar-refractivity contribution is -0.115. The summed E-state index contributed by atoms with van der Waals surface area (Å²) in [5.41, 5.74) is 3.30. The van der Waals surface area contributed by atoms with Gasteiger partial charge in [0.05, 0.1) is 5.25 Å². The van der Waals surface area contributed by atoms with Crippen molar-refractivity contribution in [2.24, 2.45) is 0 Å². The largest absolute Gasteiger partial charge is 0.325 e. The van der Waals surface area contributed by atoms with E-state index in [9.17, 15) is 4.79 Å². The highest BCUT2D eigenvalue weighted by Gasteiger charge is 2.22. The van der Waals surface area contributed by atoms with Gasteiger partial charge in [0.1, 0.15) is 0 Å². The van der Waals surface area contributed by atoms with Crippen molar-refractivity contribution >= 4 is 35.1 Å². The molecule has 1 saturated heterocycles. The number of carbonyl (C=O) groups excluding carboxylic acids is 1. The summed E-state index contributed by atoms with van der Waals surface area (Å²) >= 11 is 3.63. The Morgan fingerprint density at radius 3 is 2.82 bits per heavy atom. The second-order valence-electron chi connectivity index (χ2n) is 4.24. The van der Waals surface area contributed by atoms with Gasteiger partial charge in [-0.15, -0.1) is 11.8 Å². The Balaban J connectivity index is 2.02. The van der Waals surface area contributed by atoms with Gasteiger partial charge < -0.3 is 5.32 Å². The molecule has 1 aromatic carbocycles. The molecule has 1 atom stereocenters. The Hall–Kier alpha value is -0.610. The quantitative estimate of drug-likeness (QED) is 0.893. The van der Waals surface area contributed by atoms with Gasteiger partial charge in [0.2, 0.25) is 5.91 Å². The van der Waals surface area contributed by atoms with Gasteiger partial charge in [0.15, 0.2) is 0 Å². The molecule has 2 rings (SSSR count). The van der Waals surface area contributed by atoms with Gasteiger partial charge >= 0.3 is 0 Å². The van der Waals surface area contributed by atoms with Crippen LogP contribution in [0.5, 0.6) is 0 Å². The Morgan fingerprint density at radius 2 is 2.18 bits per heavy atom. The molecule has 0 spiro atoms. The second-order valence-corrected chi connectivity index (χ2v) is 6.70. The minimum atomic E-state index is 0.106. The molecule has 0 saturated carbocycles. The third kappa shape index (κ3) is 3.42. The molecule has 1 unspecified atom stereocenters. The van der Waals surface area contributed by atoms with Crippen molar-refractivity contribution in [2.75, 3.05) is 22.6 Å². The maximum Gasteiger partial charge on any atom is 0.238 e. The Kier molecular flexibility index (Phi) is 4.40. The number of benzene rings is 1. The highest BCUT2D eigenvalue weighted by atomic mass is 32.2. The number of thioether (sulfide) groups is 2. The van der Waals surface area contributed by atoms with E-state index in [0.717, 1.165) is 28.5 Å². The molecule has 1 amide bonds. The van der Waals surface area contributed by atoms with Crippen LogP contribution in [0.25, 0.3) is 0 Å². The lowest BCUT2D eigenvalue weighted by Gasteiger charge is -2.20. The first-order valence-corrected chi connectivity index (χ1v) is 7.94. The van der Waals surface area contributed by atoms with Crippen molar-refractivity contribution in [1.29, 1.82) is 0 Å². The summed E-state index contributed by atoms with van der Waals surface area (Å²) in [6.07, 6.45) is 0. The maximum absolute atomic E-state index is 12.1. The highest BCUT2D eigenvalue weighted by Crippen LogP contribution is 2.25. The molecule has 1 aliphatic rings. The van der Waals surface area contributed by atoms with Gasteiger partial charge in [-0.25, -0.2) is 0 Å². The minimum Gasteiger partial charge on any atom is -0.325 e. The topological polar surface area (TPSA) is 29.1 Å². The van der Waals surface area contributed by atoms with Crippen LogP contribution in [0.15, 0.2) is 18.2 Å². The van der Waals surface area contributed by atoms with Crippen molar-refractivity contribution in [2.45, 2.75) is 19.1 Å². The van der Waals surface area contributed by atoms with E-state index in [1.165, 1.54) is 5.56 Å². The normalized spacial score (nSPS) is 20.0. The molecule has 0 aromatic heterocycles. The standard InChI is InChI=1S/C13H17NOS2/c1-9-3-4-11(10(2)7-9)14-13(15)12-8-16-5-6-17-12/h3-4,7,12H,5-6,8H2,1-2H3,(H,14,15). The smallest absolute Gasteiger partial charge is 0.238 e. The molecule has 1 aromatic rings. The van der Waals surface area contributed by atoms with E-state index >= 15 is 0 Å². The average Bonchev–Trinajstić information content (AvgIpc) is 2.34. The summed E-state index contributed by atoms with van der Waals surface area (Å²) in [6, 6.07) is 6.12. The number of nitrogens with one attached hydrogen (secondary N) is 1. The van der Waals surface area contributed by atoms with Gasteiger partial charge in [-0.1, -0.05) is 17.7 Å². The number of anilines is 1. The van der Waals surface area contributed by atoms with E-state index in [2.05, 4.69) is 18.3 Å². The van der Waals surface area contributed by atoms with Crippen molar-refractivity contribution in [1.82, 2.24) is 0 Å². The third-order valence-electron chi connectivity index (χ3n) is 2.75. The van der Waals surface area contributed by atoms with Crippen LogP contribution < -0.4 is 5.32 Å². The fraction of sp³-hybridized carbons (Fsp3) is 0.462. The fourth-order valence-corrected chi connectivity index (χ4v) is 4.36. The zero-order chi connectivity index (χ0) is 12.3. The Morgan fingerprint density at radius 1 is 1.35 bits per heavy atom. The first-order chi connectivity index (χ1) is 8.16. The maximum atomic E-state index is 12.1. The van der Waals surface area contributed by atoms with E-state index in [4.69, 9.17) is 0 Å². The van der Waals surface area contributed by atoms with E-state index in [-0.39, 0.29) is 11.2 Å². The molecule has 1 aliphatic heterocycles. The molecule has 0 radical (unpaired) electrons. The van der Waals surface area contributed by atoms with Crippen LogP contribution >= 0.6 is 23.5 Å². The van der Waals surface area contributed by atoms with Crippen LogP contribution in [0.2, 0.25) is 0 Å². The molecule has 4 heteroatoms. The average molecular weight is 267 g/mol. The molecule has 1 fully saturated rings. The Bertz CT molecular complexity index is 414. The summed E-state index contributed by atoms with van der Waals surface area (Å²) in [4.78, 5) is 12.1. The predicted molar refractivity (Wildman–Crippen MR) is 78.1 cm³/mol. The molecule has 0 aliphatic carbocycles. The van der Waals surface area contributed by atoms with Crippen LogP contribution in [-0.2, 0) is 4.79 Å². The molecule has 2 nitrogen and oxygen atoms in total. The molecule has 0 bridgehead atoms. The second kappa shape index (κ2) is 5.83. The van der Waals surface area contributed by atoms with Crippen molar-refractivity contribution in [3.8, 4) is 0 Å². The number of carbonyl (C=O) groups is 1. The summed E-state index contributed by atoms with van der Waals surface area (Å²) in [5, 5.41) is 3.14. The lowest BCUT2D eigenvalue weighted by Crippen LogP contribution is -2.30. The minimum absolute atomic E-state index is 0.106. The number of hydrogen-bond donors (Lipinski definition) is 1. The fourth-order valence-electron chi connectivity index (χ4n) is 1.81. The van der Waals surface area contributed by atoms with Crippen LogP contribution in [0, 0.1) is 13.8 Å². The van der Waals surface area contributed by atoms with E-state index in [1.54, 1.807) is 11.8 Å². The molecule has 92 valence electrons. The van der Waals surface area contributed by atoms with Gasteiger partial charge in [-0.2, -0.15) is 11.8 Å². The van der Waals surface area contributed by atoms with Gasteiger partial charge in [0, 0.05) is 22.9 Å². The summed E-state index contributed by atoms with van der Waals surface area (Å²) < 4.78 is 0. The third-order valence-corrected chi connectivity index (χ3v) is 5.50. The number of hydrogen-bond acceptors (Lipinski definition) is 3. The first kappa shape index (κ1) is 12.8. The van der Waals surface area contributed by atoms with Crippen molar-refractivity contribution in [3.63, 3.8) is 0 Å². The molecule has 17 heavy (non-hydrogen) atoms. The number of aryl methyl sites for hydroxylation is 2. The monoisotopic (exact) mass is 267 g/mol. The van der Waals surface area contributed by atoms with Crippen molar-refractivity contribution < 1.29 is 4.79 Å². The first-order valence-electron chi connectivity index (χ1n) is 5.74. The Labute approximate surface area is 111 Å². The zero-order valence-corrected chi connectivity index (χ0v) is 11.8. The zero-order valence-electron chi connectivity index (χ0n) is 10.2. The predicted octanol–water partition coefficient (Wildman–Crippen LogP) is 3.09. The van der Waals surface area contributed by atoms with Gasteiger partial charge in [-0.05, 0) is 25.5 Å². The van der Waals surface area contributed by atoms with Crippen LogP contribution in [0.3, 0.4) is 0 Å². The highest BCUT2D eigenvalue weighted by molar-refractivity contribution is 8.07. The molecular formula is C13H17NOS2. The molecule has 1 heterocycles. The van der Waals surface area contributed by atoms with E-state index < -0.39 is 0 Å². The molecule has 1 N–H and O–H groups in total. The SMILES string of the molecule is Cc1ccc(NC(=O)C2CSCCS2)c(C)c1.